The van der Waals surface area contributed by atoms with Crippen molar-refractivity contribution in [1.82, 2.24) is 0 Å². The van der Waals surface area contributed by atoms with E-state index in [-0.39, 0.29) is 24.2 Å². The molecule has 2 aromatic rings. The van der Waals surface area contributed by atoms with Gasteiger partial charge in [0.05, 0.1) is 12.5 Å². The molecule has 0 saturated carbocycles. The fraction of sp³-hybridized carbons (Fsp3) is 0.154. The van der Waals surface area contributed by atoms with Gasteiger partial charge in [0.1, 0.15) is 17.4 Å². The van der Waals surface area contributed by atoms with Crippen molar-refractivity contribution in [3.63, 3.8) is 0 Å². The van der Waals surface area contributed by atoms with Crippen molar-refractivity contribution in [2.75, 3.05) is 0 Å². The zero-order valence-corrected chi connectivity index (χ0v) is 8.95. The average molecular weight is 236 g/mol. The Balaban J connectivity index is 2.03. The SMILES string of the molecule is O=C(Cc1ccoc1)Cc1ccc(F)cc1F. The predicted molar refractivity (Wildman–Crippen MR) is 57.5 cm³/mol. The molecule has 0 bridgehead atoms. The summed E-state index contributed by atoms with van der Waals surface area (Å²) in [5.74, 6) is -1.48. The minimum Gasteiger partial charge on any atom is -0.472 e. The summed E-state index contributed by atoms with van der Waals surface area (Å²) in [6.45, 7) is 0. The first-order chi connectivity index (χ1) is 8.15. The number of Topliss-reactive ketones (excluding diaryl/α,β-unsaturated/α-hetero) is 1. The Hall–Kier alpha value is -1.97. The highest BCUT2D eigenvalue weighted by Gasteiger charge is 2.10. The molecule has 0 radical (unpaired) electrons. The minimum absolute atomic E-state index is 0.0444. The van der Waals surface area contributed by atoms with Crippen LogP contribution in [0, 0.1) is 11.6 Å². The molecule has 1 aromatic carbocycles. The second-order valence-corrected chi connectivity index (χ2v) is 3.76. The Morgan fingerprint density at radius 3 is 2.65 bits per heavy atom. The summed E-state index contributed by atoms with van der Waals surface area (Å²) in [4.78, 5) is 11.6. The van der Waals surface area contributed by atoms with Crippen LogP contribution in [-0.2, 0) is 17.6 Å². The van der Waals surface area contributed by atoms with Gasteiger partial charge in [-0.3, -0.25) is 4.79 Å². The number of rotatable bonds is 4. The van der Waals surface area contributed by atoms with Crippen molar-refractivity contribution < 1.29 is 18.0 Å². The monoisotopic (exact) mass is 236 g/mol. The molecule has 0 unspecified atom stereocenters. The van der Waals surface area contributed by atoms with Crippen LogP contribution in [0.25, 0.3) is 0 Å². The van der Waals surface area contributed by atoms with E-state index in [0.29, 0.717) is 0 Å². The van der Waals surface area contributed by atoms with Crippen LogP contribution < -0.4 is 0 Å². The average Bonchev–Trinajstić information content (AvgIpc) is 2.75. The molecule has 0 amide bonds. The largest absolute Gasteiger partial charge is 0.472 e. The van der Waals surface area contributed by atoms with E-state index in [1.807, 2.05) is 0 Å². The van der Waals surface area contributed by atoms with E-state index in [1.54, 1.807) is 6.07 Å². The molecule has 0 atom stereocenters. The maximum absolute atomic E-state index is 13.3. The fourth-order valence-corrected chi connectivity index (χ4v) is 1.56. The number of carbonyl (C=O) groups is 1. The molecule has 1 aromatic heterocycles. The van der Waals surface area contributed by atoms with Gasteiger partial charge in [-0.05, 0) is 23.3 Å². The summed E-state index contributed by atoms with van der Waals surface area (Å²) in [6.07, 6.45) is 3.09. The lowest BCUT2D eigenvalue weighted by Crippen LogP contribution is -2.07. The van der Waals surface area contributed by atoms with Gasteiger partial charge in [0, 0.05) is 18.9 Å². The molecular formula is C13H10F2O2. The molecule has 0 aliphatic heterocycles. The number of furan rings is 1. The summed E-state index contributed by atoms with van der Waals surface area (Å²) in [6, 6.07) is 4.89. The van der Waals surface area contributed by atoms with Crippen molar-refractivity contribution in [3.8, 4) is 0 Å². The molecule has 4 heteroatoms. The van der Waals surface area contributed by atoms with E-state index in [2.05, 4.69) is 0 Å². The molecule has 88 valence electrons. The van der Waals surface area contributed by atoms with Crippen LogP contribution in [0.15, 0.2) is 41.2 Å². The van der Waals surface area contributed by atoms with Gasteiger partial charge in [-0.15, -0.1) is 0 Å². The standard InChI is InChI=1S/C13H10F2O2/c14-11-2-1-10(13(15)7-11)6-12(16)5-9-3-4-17-8-9/h1-4,7-8H,5-6H2. The molecule has 17 heavy (non-hydrogen) atoms. The molecule has 0 fully saturated rings. The van der Waals surface area contributed by atoms with E-state index >= 15 is 0 Å². The third-order valence-electron chi connectivity index (χ3n) is 2.38. The highest BCUT2D eigenvalue weighted by Crippen LogP contribution is 2.12. The van der Waals surface area contributed by atoms with E-state index in [4.69, 9.17) is 4.42 Å². The van der Waals surface area contributed by atoms with Gasteiger partial charge in [-0.2, -0.15) is 0 Å². The van der Waals surface area contributed by atoms with Crippen LogP contribution in [-0.4, -0.2) is 5.78 Å². The Kier molecular flexibility index (Phi) is 3.32. The molecule has 0 spiro atoms. The van der Waals surface area contributed by atoms with Crippen LogP contribution in [0.2, 0.25) is 0 Å². The molecule has 1 heterocycles. The van der Waals surface area contributed by atoms with Crippen molar-refractivity contribution in [2.24, 2.45) is 0 Å². The van der Waals surface area contributed by atoms with Gasteiger partial charge < -0.3 is 4.42 Å². The maximum atomic E-state index is 13.3. The third kappa shape index (κ3) is 3.00. The van der Waals surface area contributed by atoms with Crippen LogP contribution in [0.5, 0.6) is 0 Å². The Morgan fingerprint density at radius 2 is 2.00 bits per heavy atom. The molecular weight excluding hydrogens is 226 g/mol. The highest BCUT2D eigenvalue weighted by atomic mass is 19.1. The second-order valence-electron chi connectivity index (χ2n) is 3.76. The Labute approximate surface area is 96.9 Å². The Bertz CT molecular complexity index is 518. The molecule has 0 saturated heterocycles. The quantitative estimate of drug-likeness (QED) is 0.817. The topological polar surface area (TPSA) is 30.2 Å². The minimum atomic E-state index is -0.689. The van der Waals surface area contributed by atoms with Crippen LogP contribution in [0.1, 0.15) is 11.1 Å². The van der Waals surface area contributed by atoms with Crippen molar-refractivity contribution in [3.05, 3.63) is 59.6 Å². The van der Waals surface area contributed by atoms with Gasteiger partial charge in [0.2, 0.25) is 0 Å². The summed E-state index contributed by atoms with van der Waals surface area (Å²) in [5.41, 5.74) is 0.956. The lowest BCUT2D eigenvalue weighted by Gasteiger charge is -2.02. The molecule has 0 aliphatic carbocycles. The van der Waals surface area contributed by atoms with Gasteiger partial charge in [0.15, 0.2) is 0 Å². The smallest absolute Gasteiger partial charge is 0.141 e. The zero-order chi connectivity index (χ0) is 12.3. The van der Waals surface area contributed by atoms with Gasteiger partial charge in [-0.25, -0.2) is 8.78 Å². The van der Waals surface area contributed by atoms with Gasteiger partial charge in [-0.1, -0.05) is 6.07 Å². The first-order valence-corrected chi connectivity index (χ1v) is 5.12. The number of halogens is 2. The molecule has 0 aliphatic rings. The van der Waals surface area contributed by atoms with Gasteiger partial charge in [0.25, 0.3) is 0 Å². The number of ketones is 1. The highest BCUT2D eigenvalue weighted by molar-refractivity contribution is 5.83. The number of hydrogen-bond donors (Lipinski definition) is 0. The van der Waals surface area contributed by atoms with Crippen molar-refractivity contribution >= 4 is 5.78 Å². The van der Waals surface area contributed by atoms with Crippen molar-refractivity contribution in [2.45, 2.75) is 12.8 Å². The number of benzene rings is 1. The predicted octanol–water partition coefficient (Wildman–Crippen LogP) is 2.91. The molecule has 2 nitrogen and oxygen atoms in total. The summed E-state index contributed by atoms with van der Waals surface area (Å²) in [5, 5.41) is 0. The lowest BCUT2D eigenvalue weighted by molar-refractivity contribution is -0.117. The fourth-order valence-electron chi connectivity index (χ4n) is 1.56. The first kappa shape index (κ1) is 11.5. The van der Waals surface area contributed by atoms with Crippen LogP contribution in [0.4, 0.5) is 8.78 Å². The first-order valence-electron chi connectivity index (χ1n) is 5.12. The van der Waals surface area contributed by atoms with E-state index in [0.717, 1.165) is 17.7 Å². The van der Waals surface area contributed by atoms with E-state index in [1.165, 1.54) is 18.6 Å². The van der Waals surface area contributed by atoms with Gasteiger partial charge >= 0.3 is 0 Å². The lowest BCUT2D eigenvalue weighted by atomic mass is 10.0. The summed E-state index contributed by atoms with van der Waals surface area (Å²) in [7, 11) is 0. The second kappa shape index (κ2) is 4.91. The van der Waals surface area contributed by atoms with Crippen molar-refractivity contribution in [1.29, 1.82) is 0 Å². The summed E-state index contributed by atoms with van der Waals surface area (Å²) < 4.78 is 30.8. The van der Waals surface area contributed by atoms with Crippen LogP contribution >= 0.6 is 0 Å². The Morgan fingerprint density at radius 1 is 1.18 bits per heavy atom. The summed E-state index contributed by atoms with van der Waals surface area (Å²) >= 11 is 0. The number of carbonyl (C=O) groups excluding carboxylic acids is 1. The molecule has 0 N–H and O–H groups in total. The maximum Gasteiger partial charge on any atom is 0.141 e. The van der Waals surface area contributed by atoms with E-state index < -0.39 is 11.6 Å². The molecule has 2 rings (SSSR count). The third-order valence-corrected chi connectivity index (χ3v) is 2.38. The van der Waals surface area contributed by atoms with Crippen LogP contribution in [0.3, 0.4) is 0 Å². The number of hydrogen-bond acceptors (Lipinski definition) is 2. The van der Waals surface area contributed by atoms with E-state index in [9.17, 15) is 13.6 Å². The zero-order valence-electron chi connectivity index (χ0n) is 8.95. The normalized spacial score (nSPS) is 10.5.